The van der Waals surface area contributed by atoms with Gasteiger partial charge in [0, 0.05) is 17.6 Å². The van der Waals surface area contributed by atoms with Crippen LogP contribution in [0.5, 0.6) is 0 Å². The molecule has 5 heteroatoms. The van der Waals surface area contributed by atoms with Crippen LogP contribution in [0.3, 0.4) is 0 Å². The van der Waals surface area contributed by atoms with Gasteiger partial charge in [0.1, 0.15) is 5.60 Å². The summed E-state index contributed by atoms with van der Waals surface area (Å²) < 4.78 is 5.11. The maximum atomic E-state index is 11.4. The Balaban J connectivity index is 2.45. The molecule has 0 unspecified atom stereocenters. The molecule has 0 saturated carbocycles. The third-order valence-electron chi connectivity index (χ3n) is 2.04. The lowest BCUT2D eigenvalue weighted by atomic mass is 10.1. The second-order valence-electron chi connectivity index (χ2n) is 4.80. The number of alkyl carbamates (subject to hydrolysis) is 1. The van der Waals surface area contributed by atoms with E-state index in [1.807, 2.05) is 20.8 Å². The van der Waals surface area contributed by atoms with E-state index in [1.165, 1.54) is 0 Å². The molecule has 1 N–H and O–H groups in total. The number of amides is 1. The molecule has 1 amide bonds. The molecule has 0 aliphatic rings. The molecule has 0 fully saturated rings. The summed E-state index contributed by atoms with van der Waals surface area (Å²) >= 11 is 12.0. The second-order valence-corrected chi connectivity index (χ2v) is 5.58. The van der Waals surface area contributed by atoms with E-state index < -0.39 is 11.7 Å². The van der Waals surface area contributed by atoms with E-state index in [0.29, 0.717) is 23.0 Å². The van der Waals surface area contributed by atoms with Crippen LogP contribution < -0.4 is 5.32 Å². The zero-order valence-corrected chi connectivity index (χ0v) is 12.2. The summed E-state index contributed by atoms with van der Waals surface area (Å²) in [5, 5.41) is 3.70. The van der Waals surface area contributed by atoms with Crippen molar-refractivity contribution < 1.29 is 9.53 Å². The Hall–Kier alpha value is -0.930. The highest BCUT2D eigenvalue weighted by molar-refractivity contribution is 6.35. The number of carbonyl (C=O) groups is 1. The fraction of sp³-hybridized carbons (Fsp3) is 0.462. The van der Waals surface area contributed by atoms with Gasteiger partial charge < -0.3 is 10.1 Å². The number of halogens is 2. The van der Waals surface area contributed by atoms with Gasteiger partial charge in [0.25, 0.3) is 0 Å². The monoisotopic (exact) mass is 288 g/mol. The molecule has 1 aromatic rings. The van der Waals surface area contributed by atoms with Gasteiger partial charge in [-0.15, -0.1) is 0 Å². The first-order valence-corrected chi connectivity index (χ1v) is 6.36. The number of nitrogens with one attached hydrogen (secondary N) is 1. The van der Waals surface area contributed by atoms with Crippen LogP contribution >= 0.6 is 23.2 Å². The quantitative estimate of drug-likeness (QED) is 0.917. The Labute approximate surface area is 117 Å². The Kier molecular flexibility index (Phi) is 5.29. The first-order chi connectivity index (χ1) is 8.29. The topological polar surface area (TPSA) is 38.3 Å². The third kappa shape index (κ3) is 5.15. The van der Waals surface area contributed by atoms with E-state index in [9.17, 15) is 4.79 Å². The van der Waals surface area contributed by atoms with Gasteiger partial charge in [-0.2, -0.15) is 0 Å². The Bertz CT molecular complexity index is 407. The minimum absolute atomic E-state index is 0.409. The van der Waals surface area contributed by atoms with E-state index in [4.69, 9.17) is 27.9 Å². The molecule has 0 aliphatic heterocycles. The van der Waals surface area contributed by atoms with E-state index in [0.717, 1.165) is 5.56 Å². The molecule has 0 aliphatic carbocycles. The summed E-state index contributed by atoms with van der Waals surface area (Å²) in [6.45, 7) is 5.84. The van der Waals surface area contributed by atoms with Crippen molar-refractivity contribution in [2.75, 3.05) is 6.54 Å². The van der Waals surface area contributed by atoms with Crippen LogP contribution in [-0.4, -0.2) is 18.2 Å². The zero-order chi connectivity index (χ0) is 13.8. The van der Waals surface area contributed by atoms with Gasteiger partial charge in [-0.3, -0.25) is 0 Å². The number of carbonyl (C=O) groups excluding carboxylic acids is 1. The normalized spacial score (nSPS) is 11.2. The predicted octanol–water partition coefficient (Wildman–Crippen LogP) is 3.86. The van der Waals surface area contributed by atoms with Crippen LogP contribution in [0.15, 0.2) is 12.1 Å². The molecule has 1 rings (SSSR count). The summed E-state index contributed by atoms with van der Waals surface area (Å²) in [5.41, 5.74) is 0.275. The summed E-state index contributed by atoms with van der Waals surface area (Å²) in [6.07, 6.45) is 0.0866. The standard InChI is InChI=1S/C13H16Cl2NO2/c1-13(2,3)18-12(17)16-8-7-9-10(14)5-4-6-11(9)15/h4-5H,7-8H2,1-3H3,(H,16,17). The van der Waals surface area contributed by atoms with Crippen LogP contribution in [0.1, 0.15) is 26.3 Å². The molecule has 0 spiro atoms. The molecule has 0 atom stereocenters. The van der Waals surface area contributed by atoms with Crippen molar-refractivity contribution in [1.29, 1.82) is 0 Å². The van der Waals surface area contributed by atoms with E-state index in [-0.39, 0.29) is 0 Å². The van der Waals surface area contributed by atoms with Crippen molar-refractivity contribution in [1.82, 2.24) is 5.32 Å². The zero-order valence-electron chi connectivity index (χ0n) is 10.6. The number of ether oxygens (including phenoxy) is 1. The van der Waals surface area contributed by atoms with Gasteiger partial charge in [-0.05, 0) is 38.8 Å². The average Bonchev–Trinajstić information content (AvgIpc) is 2.19. The smallest absolute Gasteiger partial charge is 0.407 e. The third-order valence-corrected chi connectivity index (χ3v) is 2.73. The molecular weight excluding hydrogens is 273 g/mol. The molecular formula is C13H16Cl2NO2. The van der Waals surface area contributed by atoms with Gasteiger partial charge in [0.15, 0.2) is 0 Å². The van der Waals surface area contributed by atoms with Gasteiger partial charge >= 0.3 is 6.09 Å². The van der Waals surface area contributed by atoms with Crippen molar-refractivity contribution >= 4 is 29.3 Å². The molecule has 0 aromatic heterocycles. The number of benzene rings is 1. The van der Waals surface area contributed by atoms with Crippen molar-refractivity contribution in [2.24, 2.45) is 0 Å². The van der Waals surface area contributed by atoms with Crippen LogP contribution in [-0.2, 0) is 11.2 Å². The number of rotatable bonds is 3. The maximum absolute atomic E-state index is 11.4. The van der Waals surface area contributed by atoms with Crippen molar-refractivity contribution in [3.05, 3.63) is 33.8 Å². The molecule has 3 nitrogen and oxygen atoms in total. The number of hydrogen-bond acceptors (Lipinski definition) is 2. The highest BCUT2D eigenvalue weighted by Crippen LogP contribution is 2.23. The SMILES string of the molecule is CC(C)(C)OC(=O)NCCc1c(Cl)[c]ccc1Cl. The number of hydrogen-bond donors (Lipinski definition) is 1. The van der Waals surface area contributed by atoms with Crippen molar-refractivity contribution in [2.45, 2.75) is 32.8 Å². The second kappa shape index (κ2) is 6.30. The predicted molar refractivity (Wildman–Crippen MR) is 73.2 cm³/mol. The highest BCUT2D eigenvalue weighted by Gasteiger charge is 2.15. The average molecular weight is 289 g/mol. The lowest BCUT2D eigenvalue weighted by Crippen LogP contribution is -2.33. The van der Waals surface area contributed by atoms with Crippen LogP contribution in [0.2, 0.25) is 10.0 Å². The van der Waals surface area contributed by atoms with E-state index in [1.54, 1.807) is 12.1 Å². The Morgan fingerprint density at radius 1 is 1.44 bits per heavy atom. The molecule has 18 heavy (non-hydrogen) atoms. The minimum Gasteiger partial charge on any atom is -0.444 e. The summed E-state index contributed by atoms with van der Waals surface area (Å²) in [7, 11) is 0. The highest BCUT2D eigenvalue weighted by atomic mass is 35.5. The van der Waals surface area contributed by atoms with Crippen LogP contribution in [0.25, 0.3) is 0 Å². The summed E-state index contributed by atoms with van der Waals surface area (Å²) in [5.74, 6) is 0. The molecule has 0 heterocycles. The first kappa shape index (κ1) is 15.1. The molecule has 99 valence electrons. The molecule has 0 saturated heterocycles. The van der Waals surface area contributed by atoms with Gasteiger partial charge in [-0.1, -0.05) is 29.3 Å². The summed E-state index contributed by atoms with van der Waals surface area (Å²) in [4.78, 5) is 11.4. The van der Waals surface area contributed by atoms with E-state index in [2.05, 4.69) is 11.4 Å². The van der Waals surface area contributed by atoms with Crippen molar-refractivity contribution in [3.8, 4) is 0 Å². The Morgan fingerprint density at radius 2 is 2.11 bits per heavy atom. The van der Waals surface area contributed by atoms with Crippen molar-refractivity contribution in [3.63, 3.8) is 0 Å². The minimum atomic E-state index is -0.500. The van der Waals surface area contributed by atoms with Gasteiger partial charge in [0.05, 0.1) is 5.02 Å². The summed E-state index contributed by atoms with van der Waals surface area (Å²) in [6, 6.07) is 6.23. The van der Waals surface area contributed by atoms with Gasteiger partial charge in [0.2, 0.25) is 0 Å². The maximum Gasteiger partial charge on any atom is 0.407 e. The van der Waals surface area contributed by atoms with Crippen LogP contribution in [0.4, 0.5) is 4.79 Å². The fourth-order valence-corrected chi connectivity index (χ4v) is 1.87. The van der Waals surface area contributed by atoms with E-state index >= 15 is 0 Å². The largest absolute Gasteiger partial charge is 0.444 e. The van der Waals surface area contributed by atoms with Gasteiger partial charge in [-0.25, -0.2) is 4.79 Å². The first-order valence-electron chi connectivity index (χ1n) is 5.61. The molecule has 1 radical (unpaired) electrons. The molecule has 1 aromatic carbocycles. The fourth-order valence-electron chi connectivity index (χ4n) is 1.31. The van der Waals surface area contributed by atoms with Crippen LogP contribution in [0, 0.1) is 6.07 Å². The Morgan fingerprint density at radius 3 is 2.67 bits per heavy atom. The lowest BCUT2D eigenvalue weighted by Gasteiger charge is -2.19. The molecule has 0 bridgehead atoms. The lowest BCUT2D eigenvalue weighted by molar-refractivity contribution is 0.0528.